The van der Waals surface area contributed by atoms with Crippen molar-refractivity contribution in [1.29, 1.82) is 0 Å². The van der Waals surface area contributed by atoms with Gasteiger partial charge in [-0.25, -0.2) is 0 Å². The van der Waals surface area contributed by atoms with Crippen molar-refractivity contribution in [2.75, 3.05) is 21.3 Å². The molecule has 0 unspecified atom stereocenters. The molecule has 0 heterocycles. The maximum absolute atomic E-state index is 9.26. The molecule has 0 bridgehead atoms. The van der Waals surface area contributed by atoms with Crippen LogP contribution in [0.15, 0.2) is 12.1 Å². The van der Waals surface area contributed by atoms with Crippen LogP contribution in [0.25, 0.3) is 0 Å². The SMILES string of the molecule is COc1cc(O)cc(OC)c1OC.[H-].[Na+]. The summed E-state index contributed by atoms with van der Waals surface area (Å²) in [7, 11) is 4.50. The van der Waals surface area contributed by atoms with Crippen LogP contribution < -0.4 is 43.8 Å². The maximum atomic E-state index is 9.26. The predicted molar refractivity (Wildman–Crippen MR) is 48.9 cm³/mol. The molecule has 0 aliphatic carbocycles. The zero-order valence-corrected chi connectivity index (χ0v) is 10.8. The zero-order valence-electron chi connectivity index (χ0n) is 9.83. The fourth-order valence-corrected chi connectivity index (χ4v) is 1.07. The van der Waals surface area contributed by atoms with Gasteiger partial charge in [-0.05, 0) is 0 Å². The number of ether oxygens (including phenoxy) is 3. The molecule has 5 heteroatoms. The molecule has 0 spiro atoms. The molecule has 14 heavy (non-hydrogen) atoms. The van der Waals surface area contributed by atoms with Gasteiger partial charge in [-0.3, -0.25) is 0 Å². The normalized spacial score (nSPS) is 8.79. The van der Waals surface area contributed by atoms with E-state index in [1.165, 1.54) is 33.5 Å². The first kappa shape index (κ1) is 13.4. The van der Waals surface area contributed by atoms with Crippen LogP contribution in [0.3, 0.4) is 0 Å². The molecule has 0 saturated carbocycles. The van der Waals surface area contributed by atoms with Gasteiger partial charge in [0.1, 0.15) is 5.75 Å². The van der Waals surface area contributed by atoms with Crippen molar-refractivity contribution in [3.63, 3.8) is 0 Å². The van der Waals surface area contributed by atoms with Crippen LogP contribution in [-0.4, -0.2) is 26.4 Å². The van der Waals surface area contributed by atoms with Crippen LogP contribution in [0.4, 0.5) is 0 Å². The minimum atomic E-state index is 0. The first-order chi connectivity index (χ1) is 6.22. The van der Waals surface area contributed by atoms with Gasteiger partial charge in [-0.2, -0.15) is 0 Å². The van der Waals surface area contributed by atoms with Crippen LogP contribution in [0.5, 0.6) is 23.0 Å². The van der Waals surface area contributed by atoms with E-state index in [1.807, 2.05) is 0 Å². The van der Waals surface area contributed by atoms with Crippen LogP contribution in [0.2, 0.25) is 0 Å². The van der Waals surface area contributed by atoms with E-state index < -0.39 is 0 Å². The van der Waals surface area contributed by atoms with Gasteiger partial charge in [0.15, 0.2) is 11.5 Å². The van der Waals surface area contributed by atoms with Gasteiger partial charge in [0.25, 0.3) is 0 Å². The smallest absolute Gasteiger partial charge is 1.00 e. The largest absolute Gasteiger partial charge is 1.00 e. The molecule has 0 aliphatic rings. The molecule has 0 aromatic heterocycles. The average Bonchev–Trinajstić information content (AvgIpc) is 2.16. The second-order valence-corrected chi connectivity index (χ2v) is 2.38. The quantitative estimate of drug-likeness (QED) is 0.616. The van der Waals surface area contributed by atoms with Crippen molar-refractivity contribution in [2.24, 2.45) is 0 Å². The van der Waals surface area contributed by atoms with Crippen LogP contribution in [-0.2, 0) is 0 Å². The Hall–Kier alpha value is -0.580. The standard InChI is InChI=1S/C9H12O4.Na.H/c1-11-7-4-6(10)5-8(12-2)9(7)13-3;;/h4-5,10H,1-3H3;;/q;+1;-1. The fourth-order valence-electron chi connectivity index (χ4n) is 1.07. The first-order valence-corrected chi connectivity index (χ1v) is 3.72. The molecule has 0 atom stereocenters. The summed E-state index contributed by atoms with van der Waals surface area (Å²) in [6.45, 7) is 0. The second-order valence-electron chi connectivity index (χ2n) is 2.38. The second kappa shape index (κ2) is 6.01. The van der Waals surface area contributed by atoms with E-state index in [1.54, 1.807) is 0 Å². The Kier molecular flexibility index (Phi) is 5.76. The summed E-state index contributed by atoms with van der Waals surface area (Å²) in [6.07, 6.45) is 0. The molecule has 1 N–H and O–H groups in total. The number of methoxy groups -OCH3 is 3. The number of rotatable bonds is 3. The number of hydrogen-bond acceptors (Lipinski definition) is 4. The number of benzene rings is 1. The van der Waals surface area contributed by atoms with Crippen LogP contribution in [0, 0.1) is 0 Å². The molecular formula is C9H13NaO4. The van der Waals surface area contributed by atoms with Gasteiger partial charge >= 0.3 is 29.6 Å². The number of phenols is 1. The van der Waals surface area contributed by atoms with E-state index in [4.69, 9.17) is 14.2 Å². The van der Waals surface area contributed by atoms with Gasteiger partial charge in [0.05, 0.1) is 21.3 Å². The van der Waals surface area contributed by atoms with Gasteiger partial charge in [0.2, 0.25) is 5.75 Å². The molecule has 1 aromatic carbocycles. The van der Waals surface area contributed by atoms with Crippen LogP contribution in [0.1, 0.15) is 1.43 Å². The van der Waals surface area contributed by atoms with E-state index in [2.05, 4.69) is 0 Å². The molecule has 0 aliphatic heterocycles. The van der Waals surface area contributed by atoms with E-state index in [9.17, 15) is 5.11 Å². The molecule has 0 saturated heterocycles. The summed E-state index contributed by atoms with van der Waals surface area (Å²) in [5.41, 5.74) is 0. The summed E-state index contributed by atoms with van der Waals surface area (Å²) in [4.78, 5) is 0. The van der Waals surface area contributed by atoms with Gasteiger partial charge < -0.3 is 20.7 Å². The Morgan fingerprint density at radius 1 is 1.00 bits per heavy atom. The Bertz CT molecular complexity index is 281. The van der Waals surface area contributed by atoms with Crippen molar-refractivity contribution < 1.29 is 50.3 Å². The predicted octanol–water partition coefficient (Wildman–Crippen LogP) is -1.47. The molecule has 0 radical (unpaired) electrons. The third kappa shape index (κ3) is 2.70. The number of phenolic OH excluding ortho intramolecular Hbond substituents is 1. The minimum absolute atomic E-state index is 0. The number of hydrogen-bond donors (Lipinski definition) is 1. The summed E-state index contributed by atoms with van der Waals surface area (Å²) in [5, 5.41) is 9.26. The first-order valence-electron chi connectivity index (χ1n) is 3.72. The molecular weight excluding hydrogens is 195 g/mol. The molecule has 1 aromatic rings. The van der Waals surface area contributed by atoms with Gasteiger partial charge in [0, 0.05) is 12.1 Å². The van der Waals surface area contributed by atoms with Crippen molar-refractivity contribution in [1.82, 2.24) is 0 Å². The summed E-state index contributed by atoms with van der Waals surface area (Å²) in [6, 6.07) is 2.92. The van der Waals surface area contributed by atoms with Crippen molar-refractivity contribution in [3.05, 3.63) is 12.1 Å². The third-order valence-corrected chi connectivity index (χ3v) is 1.65. The van der Waals surface area contributed by atoms with E-state index in [0.717, 1.165) is 0 Å². The third-order valence-electron chi connectivity index (χ3n) is 1.65. The fraction of sp³-hybridized carbons (Fsp3) is 0.333. The summed E-state index contributed by atoms with van der Waals surface area (Å²) >= 11 is 0. The van der Waals surface area contributed by atoms with E-state index in [-0.39, 0.29) is 36.7 Å². The zero-order chi connectivity index (χ0) is 9.84. The molecule has 4 nitrogen and oxygen atoms in total. The minimum Gasteiger partial charge on any atom is -1.00 e. The van der Waals surface area contributed by atoms with Gasteiger partial charge in [-0.15, -0.1) is 0 Å². The van der Waals surface area contributed by atoms with Crippen molar-refractivity contribution in [3.8, 4) is 23.0 Å². The van der Waals surface area contributed by atoms with Crippen molar-refractivity contribution in [2.45, 2.75) is 0 Å². The Morgan fingerprint density at radius 3 is 1.71 bits per heavy atom. The van der Waals surface area contributed by atoms with Crippen molar-refractivity contribution >= 4 is 0 Å². The van der Waals surface area contributed by atoms with E-state index >= 15 is 0 Å². The molecule has 1 rings (SSSR count). The molecule has 0 fully saturated rings. The van der Waals surface area contributed by atoms with Gasteiger partial charge in [-0.1, -0.05) is 0 Å². The molecule has 74 valence electrons. The Balaban J connectivity index is 0. The Morgan fingerprint density at radius 2 is 1.43 bits per heavy atom. The average molecular weight is 208 g/mol. The Labute approximate surface area is 107 Å². The maximum Gasteiger partial charge on any atom is 1.00 e. The summed E-state index contributed by atoms with van der Waals surface area (Å²) in [5.74, 6) is 1.44. The topological polar surface area (TPSA) is 47.9 Å². The van der Waals surface area contributed by atoms with Crippen LogP contribution >= 0.6 is 0 Å². The monoisotopic (exact) mass is 208 g/mol. The van der Waals surface area contributed by atoms with E-state index in [0.29, 0.717) is 17.2 Å². The summed E-state index contributed by atoms with van der Waals surface area (Å²) < 4.78 is 15.0. The molecule has 0 amide bonds. The number of aromatic hydroxyl groups is 1.